The van der Waals surface area contributed by atoms with Crippen LogP contribution in [0.4, 0.5) is 34.1 Å². The van der Waals surface area contributed by atoms with E-state index in [1.54, 1.807) is 0 Å². The third kappa shape index (κ3) is 15.2. The van der Waals surface area contributed by atoms with Gasteiger partial charge >= 0.3 is 7.12 Å². The number of hydrogen-bond acceptors (Lipinski definition) is 4. The SMILES string of the molecule is Brc1ccc(N(c2ccc(Br)cc2)c2ccc(Br)cc2)cc1.CC(C)Cc1ccc(C2(c3cccc(-c4ccc(N(c5ccc(Br)cc5)c5ccc(Br)cc5)cc4)c3)c3ccccc3-c3ccccc32)cc1.CC(C)Cc1ccc(C2(c3cccc(B4OC(C)(C)C(C)(C)O4)c3)c3ccccc3-c3ccccc32)cc1. The summed E-state index contributed by atoms with van der Waals surface area (Å²) in [4.78, 5) is 4.52. The maximum atomic E-state index is 6.48. The van der Waals surface area contributed by atoms with Crippen molar-refractivity contribution in [1.82, 2.24) is 0 Å². The normalized spacial score (nSPS) is 14.3. The van der Waals surface area contributed by atoms with Gasteiger partial charge in [0, 0.05) is 56.5 Å². The van der Waals surface area contributed by atoms with Gasteiger partial charge in [0.15, 0.2) is 0 Å². The molecule has 0 N–H and O–H groups in total. The van der Waals surface area contributed by atoms with Crippen molar-refractivity contribution in [2.24, 2.45) is 11.8 Å². The van der Waals surface area contributed by atoms with Gasteiger partial charge in [-0.15, -0.1) is 0 Å². The minimum absolute atomic E-state index is 0.385. The highest BCUT2D eigenvalue weighted by atomic mass is 79.9. The molecule has 10 heteroatoms. The molecule has 3 aliphatic rings. The van der Waals surface area contributed by atoms with Crippen LogP contribution < -0.4 is 15.3 Å². The van der Waals surface area contributed by atoms with Gasteiger partial charge in [-0.1, -0.05) is 308 Å². The van der Waals surface area contributed by atoms with Gasteiger partial charge in [0.1, 0.15) is 0 Å². The maximum Gasteiger partial charge on any atom is 0.494 e. The summed E-state index contributed by atoms with van der Waals surface area (Å²) >= 11 is 17.7. The van der Waals surface area contributed by atoms with Crippen LogP contribution in [-0.2, 0) is 33.0 Å². The first-order valence-electron chi connectivity index (χ1n) is 37.8. The average molecular weight is 1760 g/mol. The van der Waals surface area contributed by atoms with Crippen molar-refractivity contribution in [3.05, 3.63) is 418 Å². The number of benzene rings is 14. The summed E-state index contributed by atoms with van der Waals surface area (Å²) in [5.41, 5.74) is 26.9. The summed E-state index contributed by atoms with van der Waals surface area (Å²) in [5.74, 6) is 1.24. The van der Waals surface area contributed by atoms with E-state index in [0.29, 0.717) is 11.8 Å². The lowest BCUT2D eigenvalue weighted by Gasteiger charge is -2.34. The molecule has 17 rings (SSSR count). The van der Waals surface area contributed by atoms with Crippen molar-refractivity contribution in [3.63, 3.8) is 0 Å². The first kappa shape index (κ1) is 76.4. The van der Waals surface area contributed by atoms with Gasteiger partial charge in [-0.25, -0.2) is 0 Å². The fraction of sp³-hybridized carbons (Fsp3) is 0.160. The second kappa shape index (κ2) is 32.4. The molecule has 2 aliphatic carbocycles. The number of hydrogen-bond donors (Lipinski definition) is 0. The summed E-state index contributed by atoms with van der Waals surface area (Å²) < 4.78 is 18.3. The average Bonchev–Trinajstić information content (AvgIpc) is 1.54. The van der Waals surface area contributed by atoms with Gasteiger partial charge < -0.3 is 19.1 Å². The Morgan fingerprint density at radius 3 is 0.873 bits per heavy atom. The Morgan fingerprint density at radius 2 is 0.564 bits per heavy atom. The Kier molecular flexibility index (Phi) is 22.5. The molecule has 0 bridgehead atoms. The molecular weight excluding hydrogens is 1670 g/mol. The van der Waals surface area contributed by atoms with E-state index >= 15 is 0 Å². The Balaban J connectivity index is 0.000000141. The van der Waals surface area contributed by atoms with Gasteiger partial charge in [0.05, 0.1) is 22.0 Å². The van der Waals surface area contributed by atoms with E-state index in [-0.39, 0.29) is 11.2 Å². The van der Waals surface area contributed by atoms with Crippen LogP contribution in [0, 0.1) is 11.8 Å². The lowest BCUT2D eigenvalue weighted by molar-refractivity contribution is 0.00578. The second-order valence-electron chi connectivity index (χ2n) is 30.7. The molecule has 1 aliphatic heterocycles. The monoisotopic (exact) mass is 1750 g/mol. The zero-order valence-corrected chi connectivity index (χ0v) is 71.0. The van der Waals surface area contributed by atoms with Crippen LogP contribution in [-0.4, -0.2) is 18.3 Å². The molecule has 1 heterocycles. The molecule has 14 aromatic carbocycles. The molecule has 1 fully saturated rings. The molecule has 1 saturated heterocycles. The van der Waals surface area contributed by atoms with Gasteiger partial charge in [0.25, 0.3) is 0 Å². The van der Waals surface area contributed by atoms with Crippen molar-refractivity contribution in [2.75, 3.05) is 9.80 Å². The summed E-state index contributed by atoms with van der Waals surface area (Å²) in [7, 11) is -0.405. The summed E-state index contributed by atoms with van der Waals surface area (Å²) in [6.07, 6.45) is 2.16. The number of fused-ring (bicyclic) bond motifs is 6. The largest absolute Gasteiger partial charge is 0.494 e. The Hall–Kier alpha value is -8.94. The molecule has 0 saturated carbocycles. The van der Waals surface area contributed by atoms with Crippen molar-refractivity contribution in [1.29, 1.82) is 0 Å². The minimum Gasteiger partial charge on any atom is -0.399 e. The maximum absolute atomic E-state index is 6.48. The summed E-state index contributed by atoms with van der Waals surface area (Å²) in [5, 5.41) is 0. The zero-order chi connectivity index (χ0) is 76.5. The van der Waals surface area contributed by atoms with Crippen LogP contribution in [0.2, 0.25) is 0 Å². The predicted molar refractivity (Wildman–Crippen MR) is 480 cm³/mol. The number of halogens is 5. The van der Waals surface area contributed by atoms with E-state index in [9.17, 15) is 0 Å². The van der Waals surface area contributed by atoms with Gasteiger partial charge in [0.2, 0.25) is 0 Å². The van der Waals surface area contributed by atoms with Crippen LogP contribution in [0.25, 0.3) is 33.4 Å². The van der Waals surface area contributed by atoms with E-state index in [2.05, 4.69) is 485 Å². The van der Waals surface area contributed by atoms with Gasteiger partial charge in [-0.2, -0.15) is 0 Å². The first-order chi connectivity index (χ1) is 53.2. The number of rotatable bonds is 16. The van der Waals surface area contributed by atoms with Gasteiger partial charge in [-0.05, 0) is 286 Å². The highest BCUT2D eigenvalue weighted by molar-refractivity contribution is 9.11. The van der Waals surface area contributed by atoms with Gasteiger partial charge in [-0.3, -0.25) is 0 Å². The van der Waals surface area contributed by atoms with E-state index < -0.39 is 17.9 Å². The zero-order valence-electron chi connectivity index (χ0n) is 63.1. The third-order valence-corrected chi connectivity index (χ3v) is 24.6. The molecule has 0 atom stereocenters. The van der Waals surface area contributed by atoms with Crippen LogP contribution in [0.15, 0.2) is 362 Å². The van der Waals surface area contributed by atoms with E-state index in [4.69, 9.17) is 9.31 Å². The highest BCUT2D eigenvalue weighted by Gasteiger charge is 2.53. The van der Waals surface area contributed by atoms with E-state index in [1.807, 2.05) is 0 Å². The molecular formula is C100H86BBr5N2O2. The molecule has 0 aromatic heterocycles. The number of anilines is 6. The van der Waals surface area contributed by atoms with Crippen LogP contribution in [0.1, 0.15) is 111 Å². The summed E-state index contributed by atoms with van der Waals surface area (Å²) in [6, 6.07) is 123. The Labute approximate surface area is 692 Å². The smallest absolute Gasteiger partial charge is 0.399 e. The van der Waals surface area contributed by atoms with Crippen molar-refractivity contribution in [3.8, 4) is 33.4 Å². The van der Waals surface area contributed by atoms with E-state index in [0.717, 1.165) is 74.8 Å². The fourth-order valence-corrected chi connectivity index (χ4v) is 17.6. The van der Waals surface area contributed by atoms with Crippen LogP contribution >= 0.6 is 79.6 Å². The lowest BCUT2D eigenvalue weighted by Crippen LogP contribution is -2.41. The predicted octanol–water partition coefficient (Wildman–Crippen LogP) is 28.9. The second-order valence-corrected chi connectivity index (χ2v) is 35.2. The molecule has 0 amide bonds. The van der Waals surface area contributed by atoms with Crippen LogP contribution in [0.5, 0.6) is 0 Å². The summed E-state index contributed by atoms with van der Waals surface area (Å²) in [6.45, 7) is 17.6. The quantitative estimate of drug-likeness (QED) is 0.0900. The lowest BCUT2D eigenvalue weighted by atomic mass is 9.66. The molecule has 4 nitrogen and oxygen atoms in total. The topological polar surface area (TPSA) is 24.9 Å². The van der Waals surface area contributed by atoms with Crippen molar-refractivity contribution in [2.45, 2.75) is 90.3 Å². The third-order valence-electron chi connectivity index (χ3n) is 22.0. The molecule has 0 unspecified atom stereocenters. The minimum atomic E-state index is -0.431. The Bertz CT molecular complexity index is 5290. The van der Waals surface area contributed by atoms with Crippen LogP contribution in [0.3, 0.4) is 0 Å². The molecule has 110 heavy (non-hydrogen) atoms. The van der Waals surface area contributed by atoms with E-state index in [1.165, 1.54) is 89.0 Å². The molecule has 546 valence electrons. The molecule has 0 radical (unpaired) electrons. The van der Waals surface area contributed by atoms with Crippen molar-refractivity contribution < 1.29 is 9.31 Å². The number of nitrogens with zero attached hydrogens (tertiary/aromatic N) is 2. The first-order valence-corrected chi connectivity index (χ1v) is 41.8. The fourth-order valence-electron chi connectivity index (χ4n) is 16.2. The standard InChI is InChI=1S/C47H37Br2N.C35H37BO2.C18H12Br3N/c1-32(2)30-33-14-18-36(19-15-33)47(45-12-5-3-10-43(45)44-11-4-6-13-46(44)47)37-9-7-8-35(31-37)34-16-24-40(25-17-34)50(41-26-20-38(48)21-27-41)42-28-22-39(49)23-29-42;1-24(2)22-25-18-20-26(21-19-25)35(31-16-9-7-14-29(31)30-15-8-10-17-32(30)35)27-12-11-13-28(23-27)36-37-33(3,4)34(5,6)38-36;19-13-1-7-16(8-2-13)22(17-9-3-14(20)4-10-17)18-11-5-15(21)6-12-18/h3-29,31-32H,30H2,1-2H3;7-21,23-24H,22H2,1-6H3;1-12H. The highest BCUT2D eigenvalue weighted by Crippen LogP contribution is 2.58. The Morgan fingerprint density at radius 1 is 0.282 bits per heavy atom. The molecule has 14 aromatic rings. The van der Waals surface area contributed by atoms with Crippen molar-refractivity contribution >= 4 is 126 Å². The molecule has 0 spiro atoms.